The van der Waals surface area contributed by atoms with Crippen LogP contribution >= 0.6 is 0 Å². The number of fused-ring (bicyclic) bond motifs is 1. The molecule has 0 spiro atoms. The minimum Gasteiger partial charge on any atom is -0.364 e. The Morgan fingerprint density at radius 2 is 1.60 bits per heavy atom. The van der Waals surface area contributed by atoms with Crippen molar-refractivity contribution in [2.45, 2.75) is 25.4 Å². The summed E-state index contributed by atoms with van der Waals surface area (Å²) in [6.45, 7) is 3.07. The molecule has 2 aliphatic rings. The number of benzene rings is 2. The molecule has 0 radical (unpaired) electrons. The molecule has 30 heavy (non-hydrogen) atoms. The molecule has 2 heterocycles. The second kappa shape index (κ2) is 7.75. The highest BCUT2D eigenvalue weighted by molar-refractivity contribution is 5.80. The zero-order valence-electron chi connectivity index (χ0n) is 16.4. The van der Waals surface area contributed by atoms with E-state index in [1.165, 1.54) is 24.3 Å². The molecule has 3 aromatic rings. The minimum atomic E-state index is -0.431. The summed E-state index contributed by atoms with van der Waals surface area (Å²) in [5.41, 5.74) is 1.54. The maximum absolute atomic E-state index is 14.0. The molecule has 0 atom stereocenters. The van der Waals surface area contributed by atoms with Gasteiger partial charge in [-0.15, -0.1) is 0 Å². The summed E-state index contributed by atoms with van der Waals surface area (Å²) in [5.74, 6) is 0.280. The van der Waals surface area contributed by atoms with Crippen LogP contribution in [0.3, 0.4) is 0 Å². The number of nitrogens with zero attached hydrogens (tertiary/aromatic N) is 4. The number of anilines is 2. The van der Waals surface area contributed by atoms with E-state index in [1.54, 1.807) is 6.07 Å². The van der Waals surface area contributed by atoms with Gasteiger partial charge in [0.05, 0.1) is 11.0 Å². The summed E-state index contributed by atoms with van der Waals surface area (Å²) in [7, 11) is 0. The summed E-state index contributed by atoms with van der Waals surface area (Å²) < 4.78 is 41.1. The predicted molar refractivity (Wildman–Crippen MR) is 110 cm³/mol. The average Bonchev–Trinajstić information content (AvgIpc) is 3.55. The first kappa shape index (κ1) is 19.1. The maximum atomic E-state index is 14.0. The Morgan fingerprint density at radius 3 is 2.37 bits per heavy atom. The molecule has 5 rings (SSSR count). The van der Waals surface area contributed by atoms with E-state index in [-0.39, 0.29) is 5.82 Å². The molecule has 0 amide bonds. The molecular formula is C22H22F3N5. The fourth-order valence-electron chi connectivity index (χ4n) is 3.78. The van der Waals surface area contributed by atoms with E-state index in [2.05, 4.69) is 15.1 Å². The van der Waals surface area contributed by atoms with Gasteiger partial charge in [0, 0.05) is 50.4 Å². The van der Waals surface area contributed by atoms with Gasteiger partial charge < -0.3 is 10.2 Å². The van der Waals surface area contributed by atoms with Gasteiger partial charge in [-0.05, 0) is 43.2 Å². The van der Waals surface area contributed by atoms with Crippen LogP contribution in [0.4, 0.5) is 24.8 Å². The zero-order valence-corrected chi connectivity index (χ0v) is 16.4. The van der Waals surface area contributed by atoms with Crippen LogP contribution < -0.4 is 10.2 Å². The third-order valence-electron chi connectivity index (χ3n) is 5.60. The largest absolute Gasteiger partial charge is 0.364 e. The number of piperazine rings is 1. The zero-order chi connectivity index (χ0) is 20.7. The van der Waals surface area contributed by atoms with Crippen molar-refractivity contribution in [3.8, 4) is 0 Å². The highest BCUT2D eigenvalue weighted by Crippen LogP contribution is 2.31. The van der Waals surface area contributed by atoms with E-state index in [9.17, 15) is 13.2 Å². The molecule has 1 saturated carbocycles. The molecule has 1 aromatic heterocycles. The number of aromatic nitrogens is 2. The average molecular weight is 413 g/mol. The van der Waals surface area contributed by atoms with Crippen LogP contribution in [0.2, 0.25) is 0 Å². The van der Waals surface area contributed by atoms with Crippen LogP contribution in [0.5, 0.6) is 0 Å². The van der Waals surface area contributed by atoms with Gasteiger partial charge in [0.15, 0.2) is 11.6 Å². The lowest BCUT2D eigenvalue weighted by molar-refractivity contribution is 0.246. The second-order valence-electron chi connectivity index (χ2n) is 7.95. The van der Waals surface area contributed by atoms with Gasteiger partial charge in [-0.25, -0.2) is 23.1 Å². The first-order valence-electron chi connectivity index (χ1n) is 10.2. The topological polar surface area (TPSA) is 44.3 Å². The summed E-state index contributed by atoms with van der Waals surface area (Å²) in [4.78, 5) is 13.6. The highest BCUT2D eigenvalue weighted by atomic mass is 19.1. The molecule has 8 heteroatoms. The van der Waals surface area contributed by atoms with Gasteiger partial charge in [0.2, 0.25) is 0 Å². The summed E-state index contributed by atoms with van der Waals surface area (Å²) >= 11 is 0. The van der Waals surface area contributed by atoms with Crippen LogP contribution in [0.15, 0.2) is 36.4 Å². The summed E-state index contributed by atoms with van der Waals surface area (Å²) in [6.07, 6.45) is 2.21. The molecule has 1 aliphatic heterocycles. The Morgan fingerprint density at radius 1 is 0.867 bits per heavy atom. The monoisotopic (exact) mass is 413 g/mol. The number of hydrogen-bond acceptors (Lipinski definition) is 5. The van der Waals surface area contributed by atoms with Gasteiger partial charge in [-0.2, -0.15) is 0 Å². The van der Waals surface area contributed by atoms with Crippen molar-refractivity contribution in [1.29, 1.82) is 0 Å². The molecule has 156 valence electrons. The van der Waals surface area contributed by atoms with Crippen LogP contribution in [-0.2, 0) is 6.54 Å². The van der Waals surface area contributed by atoms with E-state index >= 15 is 0 Å². The fourth-order valence-corrected chi connectivity index (χ4v) is 3.78. The fraction of sp³-hybridized carbons (Fsp3) is 0.364. The maximum Gasteiger partial charge on any atom is 0.172 e. The third kappa shape index (κ3) is 4.05. The van der Waals surface area contributed by atoms with E-state index < -0.39 is 11.6 Å². The number of nitrogens with one attached hydrogen (secondary N) is 1. The minimum absolute atomic E-state index is 0.340. The van der Waals surface area contributed by atoms with E-state index in [0.29, 0.717) is 55.4 Å². The lowest BCUT2D eigenvalue weighted by Gasteiger charge is -2.36. The van der Waals surface area contributed by atoms with Gasteiger partial charge in [0.1, 0.15) is 17.5 Å². The summed E-state index contributed by atoms with van der Waals surface area (Å²) in [6, 6.07) is 8.39. The van der Waals surface area contributed by atoms with Crippen molar-refractivity contribution >= 4 is 22.7 Å². The predicted octanol–water partition coefficient (Wildman–Crippen LogP) is 3.94. The smallest absolute Gasteiger partial charge is 0.172 e. The van der Waals surface area contributed by atoms with Crippen molar-refractivity contribution in [3.05, 3.63) is 59.4 Å². The van der Waals surface area contributed by atoms with Crippen LogP contribution in [0.1, 0.15) is 18.4 Å². The van der Waals surface area contributed by atoms with E-state index in [0.717, 1.165) is 30.5 Å². The van der Waals surface area contributed by atoms with E-state index in [1.807, 2.05) is 0 Å². The Labute approximate surface area is 172 Å². The normalized spacial score (nSPS) is 17.5. The van der Waals surface area contributed by atoms with Crippen LogP contribution in [-0.4, -0.2) is 47.1 Å². The lowest BCUT2D eigenvalue weighted by atomic mass is 10.1. The van der Waals surface area contributed by atoms with Gasteiger partial charge >= 0.3 is 0 Å². The Kier molecular flexibility index (Phi) is 4.94. The third-order valence-corrected chi connectivity index (χ3v) is 5.60. The Bertz CT molecular complexity index is 1080. The first-order valence-corrected chi connectivity index (χ1v) is 10.2. The van der Waals surface area contributed by atoms with Crippen molar-refractivity contribution in [2.75, 3.05) is 36.4 Å². The van der Waals surface area contributed by atoms with E-state index in [4.69, 9.17) is 9.97 Å². The van der Waals surface area contributed by atoms with Crippen molar-refractivity contribution in [3.63, 3.8) is 0 Å². The molecular weight excluding hydrogens is 391 g/mol. The molecule has 2 fully saturated rings. The molecule has 5 nitrogen and oxygen atoms in total. The number of halogens is 3. The molecule has 1 aliphatic carbocycles. The van der Waals surface area contributed by atoms with Crippen molar-refractivity contribution in [2.24, 2.45) is 0 Å². The molecule has 0 unspecified atom stereocenters. The van der Waals surface area contributed by atoms with Crippen LogP contribution in [0, 0.1) is 17.5 Å². The molecule has 2 aromatic carbocycles. The second-order valence-corrected chi connectivity index (χ2v) is 7.95. The lowest BCUT2D eigenvalue weighted by Crippen LogP contribution is -2.46. The number of rotatable bonds is 5. The summed E-state index contributed by atoms with van der Waals surface area (Å²) in [5, 5.41) is 3.44. The molecule has 1 saturated heterocycles. The quantitative estimate of drug-likeness (QED) is 0.686. The number of hydrogen-bond donors (Lipinski definition) is 1. The van der Waals surface area contributed by atoms with Crippen molar-refractivity contribution < 1.29 is 13.2 Å². The van der Waals surface area contributed by atoms with Gasteiger partial charge in [0.25, 0.3) is 0 Å². The Hall–Kier alpha value is -2.87. The van der Waals surface area contributed by atoms with Crippen LogP contribution in [0.25, 0.3) is 11.0 Å². The van der Waals surface area contributed by atoms with Crippen molar-refractivity contribution in [1.82, 2.24) is 14.9 Å². The van der Waals surface area contributed by atoms with Gasteiger partial charge in [-0.3, -0.25) is 4.90 Å². The highest BCUT2D eigenvalue weighted by Gasteiger charge is 2.27. The SMILES string of the molecule is Fc1ccc(F)c(CN2CCN(c3nc4cc(F)ccc4nc3NC3CC3)CC2)c1. The molecule has 0 bridgehead atoms. The standard InChI is InChI=1S/C22H22F3N5/c23-15-1-5-18(25)14(11-15)13-29-7-9-30(10-8-29)22-21(26-17-3-4-17)27-19-6-2-16(24)12-20(19)28-22/h1-2,5-6,11-12,17H,3-4,7-10,13H2,(H,26,27). The Balaban J connectivity index is 1.35. The van der Waals surface area contributed by atoms with Gasteiger partial charge in [-0.1, -0.05) is 0 Å². The first-order chi connectivity index (χ1) is 14.5. The molecule has 1 N–H and O–H groups in total.